The molecule has 2 nitrogen and oxygen atoms in total. The van der Waals surface area contributed by atoms with Gasteiger partial charge < -0.3 is 10.2 Å². The number of thiophene rings is 1. The van der Waals surface area contributed by atoms with Crippen LogP contribution < -0.4 is 0 Å². The molecule has 5 rings (SSSR count). The number of phenols is 2. The van der Waals surface area contributed by atoms with Crippen molar-refractivity contribution in [1.82, 2.24) is 0 Å². The maximum absolute atomic E-state index is 9.47. The fourth-order valence-corrected chi connectivity index (χ4v) is 4.63. The normalized spacial score (nSPS) is 10.8. The van der Waals surface area contributed by atoms with E-state index in [1.54, 1.807) is 35.6 Å². The van der Waals surface area contributed by atoms with Crippen LogP contribution in [-0.2, 0) is 0 Å². The molecule has 4 aromatic carbocycles. The first kappa shape index (κ1) is 19.2. The van der Waals surface area contributed by atoms with E-state index in [4.69, 9.17) is 0 Å². The highest BCUT2D eigenvalue weighted by Crippen LogP contribution is 2.36. The van der Waals surface area contributed by atoms with E-state index in [-0.39, 0.29) is 11.5 Å². The van der Waals surface area contributed by atoms with Crippen LogP contribution in [0.15, 0.2) is 109 Å². The molecule has 150 valence electrons. The molecular weight excluding hydrogens is 400 g/mol. The van der Waals surface area contributed by atoms with Gasteiger partial charge in [0.2, 0.25) is 0 Å². The second-order valence-corrected chi connectivity index (χ2v) is 8.50. The Morgan fingerprint density at radius 2 is 0.581 bits per heavy atom. The van der Waals surface area contributed by atoms with Crippen LogP contribution in [0.3, 0.4) is 0 Å². The first-order valence-corrected chi connectivity index (χ1v) is 10.9. The molecule has 0 radical (unpaired) electrons. The third kappa shape index (κ3) is 4.09. The molecule has 31 heavy (non-hydrogen) atoms. The monoisotopic (exact) mass is 420 g/mol. The summed E-state index contributed by atoms with van der Waals surface area (Å²) in [7, 11) is 0. The van der Waals surface area contributed by atoms with Crippen LogP contribution in [-0.4, -0.2) is 10.2 Å². The zero-order valence-electron chi connectivity index (χ0n) is 16.7. The van der Waals surface area contributed by atoms with Crippen molar-refractivity contribution in [3.63, 3.8) is 0 Å². The molecule has 0 bridgehead atoms. The van der Waals surface area contributed by atoms with Gasteiger partial charge in [-0.1, -0.05) is 72.8 Å². The van der Waals surface area contributed by atoms with Gasteiger partial charge in [-0.3, -0.25) is 0 Å². The molecule has 5 aromatic rings. The highest BCUT2D eigenvalue weighted by atomic mass is 32.1. The zero-order valence-corrected chi connectivity index (χ0v) is 17.5. The summed E-state index contributed by atoms with van der Waals surface area (Å²) in [6, 6.07) is 35.9. The van der Waals surface area contributed by atoms with Gasteiger partial charge in [-0.15, -0.1) is 11.3 Å². The van der Waals surface area contributed by atoms with E-state index in [2.05, 4.69) is 60.7 Å². The lowest BCUT2D eigenvalue weighted by molar-refractivity contribution is 0.475. The highest BCUT2D eigenvalue weighted by Gasteiger charge is 2.07. The minimum absolute atomic E-state index is 0.280. The number of aromatic hydroxyl groups is 2. The number of rotatable bonds is 4. The lowest BCUT2D eigenvalue weighted by Gasteiger charge is -2.04. The Morgan fingerprint density at radius 3 is 0.903 bits per heavy atom. The predicted octanol–water partition coefficient (Wildman–Crippen LogP) is 7.83. The largest absolute Gasteiger partial charge is 0.508 e. The molecule has 0 saturated carbocycles. The first-order chi connectivity index (χ1) is 15.2. The minimum atomic E-state index is 0.280. The fourth-order valence-electron chi connectivity index (χ4n) is 3.61. The molecular formula is C28H20O2S. The van der Waals surface area contributed by atoms with Gasteiger partial charge in [-0.25, -0.2) is 0 Å². The molecule has 0 aliphatic rings. The Hall–Kier alpha value is -3.82. The van der Waals surface area contributed by atoms with Crippen LogP contribution in [0.4, 0.5) is 0 Å². The standard InChI is InChI=1S/C28H20O2S/c29-25-13-9-21(10-14-25)19-1-5-23(6-2-19)27-17-18-28(31-27)24-7-3-20(4-8-24)22-11-15-26(30)16-12-22/h1-18,29-30H. The maximum Gasteiger partial charge on any atom is 0.115 e. The minimum Gasteiger partial charge on any atom is -0.508 e. The van der Waals surface area contributed by atoms with E-state index in [1.807, 2.05) is 24.3 Å². The van der Waals surface area contributed by atoms with Crippen LogP contribution in [0.1, 0.15) is 0 Å². The summed E-state index contributed by atoms with van der Waals surface area (Å²) >= 11 is 1.78. The summed E-state index contributed by atoms with van der Waals surface area (Å²) < 4.78 is 0. The van der Waals surface area contributed by atoms with Gasteiger partial charge in [-0.2, -0.15) is 0 Å². The summed E-state index contributed by atoms with van der Waals surface area (Å²) in [5, 5.41) is 18.9. The Balaban J connectivity index is 1.36. The third-order valence-corrected chi connectivity index (χ3v) is 6.53. The van der Waals surface area contributed by atoms with Gasteiger partial charge >= 0.3 is 0 Å². The number of phenolic OH excluding ortho intramolecular Hbond substituents is 2. The smallest absolute Gasteiger partial charge is 0.115 e. The third-order valence-electron chi connectivity index (χ3n) is 5.35. The average molecular weight is 421 g/mol. The Bertz CT molecular complexity index is 1190. The number of benzene rings is 4. The van der Waals surface area contributed by atoms with Crippen molar-refractivity contribution >= 4 is 11.3 Å². The molecule has 0 saturated heterocycles. The van der Waals surface area contributed by atoms with Crippen LogP contribution in [0.2, 0.25) is 0 Å². The maximum atomic E-state index is 9.47. The predicted molar refractivity (Wildman–Crippen MR) is 129 cm³/mol. The van der Waals surface area contributed by atoms with E-state index in [1.165, 1.54) is 20.9 Å². The van der Waals surface area contributed by atoms with Crippen molar-refractivity contribution < 1.29 is 10.2 Å². The molecule has 0 aliphatic heterocycles. The van der Waals surface area contributed by atoms with Crippen LogP contribution in [0.5, 0.6) is 11.5 Å². The van der Waals surface area contributed by atoms with E-state index in [9.17, 15) is 10.2 Å². The van der Waals surface area contributed by atoms with Gasteiger partial charge in [0.05, 0.1) is 0 Å². The van der Waals surface area contributed by atoms with E-state index in [0.29, 0.717) is 0 Å². The summed E-state index contributed by atoms with van der Waals surface area (Å²) in [5.41, 5.74) is 6.82. The molecule has 3 heteroatoms. The molecule has 2 N–H and O–H groups in total. The highest BCUT2D eigenvalue weighted by molar-refractivity contribution is 7.18. The van der Waals surface area contributed by atoms with E-state index < -0.39 is 0 Å². The van der Waals surface area contributed by atoms with Gasteiger partial charge in [0.25, 0.3) is 0 Å². The first-order valence-electron chi connectivity index (χ1n) is 10.1. The molecule has 1 heterocycles. The molecule has 0 fully saturated rings. The van der Waals surface area contributed by atoms with E-state index >= 15 is 0 Å². The summed E-state index contributed by atoms with van der Waals surface area (Å²) in [6.07, 6.45) is 0. The quantitative estimate of drug-likeness (QED) is 0.311. The SMILES string of the molecule is Oc1ccc(-c2ccc(-c3ccc(-c4ccc(-c5ccc(O)cc5)cc4)s3)cc2)cc1. The molecule has 0 aliphatic carbocycles. The van der Waals surface area contributed by atoms with E-state index in [0.717, 1.165) is 22.3 Å². The summed E-state index contributed by atoms with van der Waals surface area (Å²) in [4.78, 5) is 2.46. The van der Waals surface area contributed by atoms with Gasteiger partial charge in [0, 0.05) is 9.75 Å². The lowest BCUT2D eigenvalue weighted by Crippen LogP contribution is -1.78. The zero-order chi connectivity index (χ0) is 21.2. The van der Waals surface area contributed by atoms with Crippen LogP contribution in [0.25, 0.3) is 43.1 Å². The van der Waals surface area contributed by atoms with Gasteiger partial charge in [-0.05, 0) is 69.8 Å². The van der Waals surface area contributed by atoms with Crippen molar-refractivity contribution in [1.29, 1.82) is 0 Å². The summed E-state index contributed by atoms with van der Waals surface area (Å²) in [5.74, 6) is 0.560. The molecule has 0 amide bonds. The number of hydrogen-bond donors (Lipinski definition) is 2. The van der Waals surface area contributed by atoms with Crippen LogP contribution in [0, 0.1) is 0 Å². The topological polar surface area (TPSA) is 40.5 Å². The Kier molecular flexibility index (Phi) is 5.03. The molecule has 1 aromatic heterocycles. The van der Waals surface area contributed by atoms with Crippen molar-refractivity contribution in [2.75, 3.05) is 0 Å². The van der Waals surface area contributed by atoms with Crippen molar-refractivity contribution in [3.05, 3.63) is 109 Å². The fraction of sp³-hybridized carbons (Fsp3) is 0. The molecule has 0 atom stereocenters. The second kappa shape index (κ2) is 8.13. The Labute approximate surface area is 185 Å². The molecule has 0 unspecified atom stereocenters. The lowest BCUT2D eigenvalue weighted by atomic mass is 10.0. The Morgan fingerprint density at radius 1 is 0.323 bits per heavy atom. The van der Waals surface area contributed by atoms with Crippen molar-refractivity contribution in [2.24, 2.45) is 0 Å². The van der Waals surface area contributed by atoms with Crippen LogP contribution >= 0.6 is 11.3 Å². The average Bonchev–Trinajstić information content (AvgIpc) is 3.31. The summed E-state index contributed by atoms with van der Waals surface area (Å²) in [6.45, 7) is 0. The van der Waals surface area contributed by atoms with Crippen molar-refractivity contribution in [2.45, 2.75) is 0 Å². The van der Waals surface area contributed by atoms with Crippen molar-refractivity contribution in [3.8, 4) is 54.6 Å². The van der Waals surface area contributed by atoms with Gasteiger partial charge in [0.1, 0.15) is 11.5 Å². The second-order valence-electron chi connectivity index (χ2n) is 7.41. The van der Waals surface area contributed by atoms with Gasteiger partial charge in [0.15, 0.2) is 0 Å². The molecule has 0 spiro atoms. The number of hydrogen-bond acceptors (Lipinski definition) is 3.